The predicted molar refractivity (Wildman–Crippen MR) is 112 cm³/mol. The van der Waals surface area contributed by atoms with E-state index in [0.29, 0.717) is 0 Å². The summed E-state index contributed by atoms with van der Waals surface area (Å²) < 4.78 is 0. The quantitative estimate of drug-likeness (QED) is 0.565. The van der Waals surface area contributed by atoms with Crippen LogP contribution in [-0.4, -0.2) is 24.8 Å². The van der Waals surface area contributed by atoms with E-state index in [-0.39, 0.29) is 6.61 Å². The van der Waals surface area contributed by atoms with Crippen molar-refractivity contribution in [3.8, 4) is 0 Å². The van der Waals surface area contributed by atoms with Crippen LogP contribution in [0, 0.1) is 5.92 Å². The summed E-state index contributed by atoms with van der Waals surface area (Å²) in [5.74, 6) is 0.973. The van der Waals surface area contributed by atoms with E-state index in [1.807, 2.05) is 30.3 Å². The summed E-state index contributed by atoms with van der Waals surface area (Å²) >= 11 is 0. The first-order chi connectivity index (χ1) is 12.2. The number of nitrogens with one attached hydrogen (secondary N) is 1. The van der Waals surface area contributed by atoms with Crippen molar-refractivity contribution < 1.29 is 5.11 Å². The Balaban J connectivity index is 0.000000348. The van der Waals surface area contributed by atoms with Crippen LogP contribution < -0.4 is 5.32 Å². The van der Waals surface area contributed by atoms with Crippen LogP contribution in [0.25, 0.3) is 0 Å². The molecule has 0 amide bonds. The molecule has 1 aliphatic heterocycles. The van der Waals surface area contributed by atoms with Gasteiger partial charge in [-0.1, -0.05) is 96.0 Å². The van der Waals surface area contributed by atoms with Crippen LogP contribution in [0.2, 0.25) is 0 Å². The number of hydrogen-bond acceptors (Lipinski definition) is 2. The second-order valence-corrected chi connectivity index (χ2v) is 7.16. The fraction of sp³-hybridized carbons (Fsp3) is 0.739. The smallest absolute Gasteiger partial charge is 0.0471 e. The second-order valence-electron chi connectivity index (χ2n) is 7.16. The third-order valence-corrected chi connectivity index (χ3v) is 4.58. The Morgan fingerprint density at radius 2 is 1.40 bits per heavy atom. The molecule has 1 heterocycles. The normalized spacial score (nSPS) is 14.1. The van der Waals surface area contributed by atoms with Gasteiger partial charge in [-0.3, -0.25) is 0 Å². The van der Waals surface area contributed by atoms with Gasteiger partial charge in [0.05, 0.1) is 0 Å². The van der Waals surface area contributed by atoms with E-state index in [4.69, 9.17) is 5.11 Å². The lowest BCUT2D eigenvalue weighted by Crippen LogP contribution is -2.26. The van der Waals surface area contributed by atoms with E-state index in [1.54, 1.807) is 0 Å². The maximum absolute atomic E-state index is 8.52. The molecule has 0 unspecified atom stereocenters. The SMILES string of the molecule is CC1CCNCC1.CCCCCCCCC.OCCc1ccccc1. The average molecular weight is 350 g/mol. The molecule has 1 aromatic carbocycles. The van der Waals surface area contributed by atoms with Crippen LogP contribution in [-0.2, 0) is 6.42 Å². The fourth-order valence-electron chi connectivity index (χ4n) is 2.77. The van der Waals surface area contributed by atoms with E-state index in [1.165, 1.54) is 76.4 Å². The van der Waals surface area contributed by atoms with Crippen molar-refractivity contribution in [1.29, 1.82) is 0 Å². The molecule has 0 aromatic heterocycles. The molecular formula is C23H43NO. The zero-order chi connectivity index (χ0) is 18.6. The maximum Gasteiger partial charge on any atom is 0.0471 e. The summed E-state index contributed by atoms with van der Waals surface area (Å²) in [6.07, 6.45) is 13.5. The Morgan fingerprint density at radius 1 is 0.880 bits per heavy atom. The highest BCUT2D eigenvalue weighted by molar-refractivity contribution is 5.14. The number of benzene rings is 1. The monoisotopic (exact) mass is 349 g/mol. The van der Waals surface area contributed by atoms with E-state index in [2.05, 4.69) is 26.1 Å². The van der Waals surface area contributed by atoms with E-state index >= 15 is 0 Å². The van der Waals surface area contributed by atoms with Gasteiger partial charge in [-0.05, 0) is 43.8 Å². The third kappa shape index (κ3) is 17.7. The standard InChI is InChI=1S/C9H20.C8H10O.C6H13N/c1-3-5-7-9-8-6-4-2;9-7-6-8-4-2-1-3-5-8;1-6-2-4-7-5-3-6/h3-9H2,1-2H3;1-5,9H,6-7H2;6-7H,2-5H2,1H3. The highest BCUT2D eigenvalue weighted by Gasteiger charge is 2.05. The molecule has 2 nitrogen and oxygen atoms in total. The van der Waals surface area contributed by atoms with E-state index in [0.717, 1.165) is 12.3 Å². The Bertz CT molecular complexity index is 340. The summed E-state index contributed by atoms with van der Waals surface area (Å²) in [6, 6.07) is 9.95. The Kier molecular flexibility index (Phi) is 18.8. The molecule has 2 N–H and O–H groups in total. The van der Waals surface area contributed by atoms with Gasteiger partial charge >= 0.3 is 0 Å². The lowest BCUT2D eigenvalue weighted by atomic mass is 10.0. The highest BCUT2D eigenvalue weighted by atomic mass is 16.2. The predicted octanol–water partition coefficient (Wildman–Crippen LogP) is 5.98. The van der Waals surface area contributed by atoms with Crippen LogP contribution >= 0.6 is 0 Å². The largest absolute Gasteiger partial charge is 0.396 e. The van der Waals surface area contributed by atoms with E-state index in [9.17, 15) is 0 Å². The molecular weight excluding hydrogens is 306 g/mol. The zero-order valence-corrected chi connectivity index (χ0v) is 17.1. The van der Waals surface area contributed by atoms with Crippen LogP contribution in [0.4, 0.5) is 0 Å². The van der Waals surface area contributed by atoms with Crippen LogP contribution in [0.1, 0.15) is 84.1 Å². The van der Waals surface area contributed by atoms with Gasteiger partial charge in [0, 0.05) is 6.61 Å². The van der Waals surface area contributed by atoms with Gasteiger partial charge in [0.1, 0.15) is 0 Å². The van der Waals surface area contributed by atoms with Gasteiger partial charge in [0.15, 0.2) is 0 Å². The topological polar surface area (TPSA) is 32.3 Å². The van der Waals surface area contributed by atoms with Gasteiger partial charge in [0.2, 0.25) is 0 Å². The zero-order valence-electron chi connectivity index (χ0n) is 17.1. The number of aliphatic hydroxyl groups excluding tert-OH is 1. The maximum atomic E-state index is 8.52. The molecule has 0 atom stereocenters. The van der Waals surface area contributed by atoms with Crippen molar-refractivity contribution >= 4 is 0 Å². The third-order valence-electron chi connectivity index (χ3n) is 4.58. The van der Waals surface area contributed by atoms with Gasteiger partial charge in [-0.15, -0.1) is 0 Å². The first kappa shape index (κ1) is 24.1. The summed E-state index contributed by atoms with van der Waals surface area (Å²) in [6.45, 7) is 9.56. The first-order valence-corrected chi connectivity index (χ1v) is 10.6. The molecule has 146 valence electrons. The number of piperidine rings is 1. The molecule has 1 saturated heterocycles. The number of hydrogen-bond donors (Lipinski definition) is 2. The number of aliphatic hydroxyl groups is 1. The summed E-state index contributed by atoms with van der Waals surface area (Å²) in [5.41, 5.74) is 1.19. The van der Waals surface area contributed by atoms with Crippen LogP contribution in [0.5, 0.6) is 0 Å². The molecule has 1 fully saturated rings. The van der Waals surface area contributed by atoms with Gasteiger partial charge in [-0.25, -0.2) is 0 Å². The van der Waals surface area contributed by atoms with Crippen molar-refractivity contribution in [2.45, 2.75) is 85.0 Å². The Hall–Kier alpha value is -0.860. The number of rotatable bonds is 8. The molecule has 0 spiro atoms. The van der Waals surface area contributed by atoms with Crippen molar-refractivity contribution in [3.63, 3.8) is 0 Å². The fourth-order valence-corrected chi connectivity index (χ4v) is 2.77. The molecule has 0 aliphatic carbocycles. The summed E-state index contributed by atoms with van der Waals surface area (Å²) in [7, 11) is 0. The second kappa shape index (κ2) is 19.5. The lowest BCUT2D eigenvalue weighted by Gasteiger charge is -2.17. The molecule has 1 aliphatic rings. The molecule has 1 aromatic rings. The van der Waals surface area contributed by atoms with Crippen LogP contribution in [0.3, 0.4) is 0 Å². The van der Waals surface area contributed by atoms with Crippen molar-refractivity contribution in [3.05, 3.63) is 35.9 Å². The Morgan fingerprint density at radius 3 is 1.80 bits per heavy atom. The molecule has 0 saturated carbocycles. The van der Waals surface area contributed by atoms with Crippen molar-refractivity contribution in [1.82, 2.24) is 5.32 Å². The first-order valence-electron chi connectivity index (χ1n) is 10.6. The van der Waals surface area contributed by atoms with Gasteiger partial charge in [0.25, 0.3) is 0 Å². The minimum Gasteiger partial charge on any atom is -0.396 e. The van der Waals surface area contributed by atoms with Gasteiger partial charge in [-0.2, -0.15) is 0 Å². The van der Waals surface area contributed by atoms with Crippen molar-refractivity contribution in [2.24, 2.45) is 5.92 Å². The lowest BCUT2D eigenvalue weighted by molar-refractivity contribution is 0.299. The molecule has 0 bridgehead atoms. The average Bonchev–Trinajstić information content (AvgIpc) is 2.65. The molecule has 2 heteroatoms. The molecule has 2 rings (SSSR count). The Labute approximate surface area is 157 Å². The summed E-state index contributed by atoms with van der Waals surface area (Å²) in [4.78, 5) is 0. The minimum absolute atomic E-state index is 0.240. The van der Waals surface area contributed by atoms with Crippen molar-refractivity contribution in [2.75, 3.05) is 19.7 Å². The van der Waals surface area contributed by atoms with E-state index < -0.39 is 0 Å². The minimum atomic E-state index is 0.240. The van der Waals surface area contributed by atoms with Gasteiger partial charge < -0.3 is 10.4 Å². The summed E-state index contributed by atoms with van der Waals surface area (Å²) in [5, 5.41) is 11.8. The molecule has 25 heavy (non-hydrogen) atoms. The van der Waals surface area contributed by atoms with Crippen LogP contribution in [0.15, 0.2) is 30.3 Å². The number of unbranched alkanes of at least 4 members (excludes halogenated alkanes) is 6. The highest BCUT2D eigenvalue weighted by Crippen LogP contribution is 2.08. The molecule has 0 radical (unpaired) electrons.